The maximum atomic E-state index is 13.3. The lowest BCUT2D eigenvalue weighted by Gasteiger charge is -2.28. The van der Waals surface area contributed by atoms with Crippen LogP contribution in [0.1, 0.15) is 53.0 Å². The summed E-state index contributed by atoms with van der Waals surface area (Å²) in [6.45, 7) is 1.33. The Morgan fingerprint density at radius 2 is 1.85 bits per heavy atom. The number of fused-ring (bicyclic) bond motifs is 1. The number of carbonyl (C=O) groups excluding carboxylic acids is 1. The second-order valence-corrected chi connectivity index (χ2v) is 7.06. The molecule has 4 rings (SSSR count). The smallest absolute Gasteiger partial charge is 0.274 e. The van der Waals surface area contributed by atoms with Crippen LogP contribution in [-0.4, -0.2) is 34.1 Å². The Morgan fingerprint density at radius 1 is 1.04 bits per heavy atom. The van der Waals surface area contributed by atoms with Crippen molar-refractivity contribution in [3.8, 4) is 0 Å². The molecule has 1 aliphatic heterocycles. The Kier molecular flexibility index (Phi) is 4.78. The number of likely N-dealkylation sites (tertiary alicyclic amines) is 1. The summed E-state index contributed by atoms with van der Waals surface area (Å²) in [5.41, 5.74) is 4.81. The van der Waals surface area contributed by atoms with Crippen molar-refractivity contribution in [2.24, 2.45) is 0 Å². The van der Waals surface area contributed by atoms with E-state index in [0.717, 1.165) is 49.8 Å². The number of benzene rings is 1. The average Bonchev–Trinajstić information content (AvgIpc) is 2.68. The molecule has 0 spiro atoms. The van der Waals surface area contributed by atoms with Crippen LogP contribution in [0.25, 0.3) is 6.08 Å². The van der Waals surface area contributed by atoms with Crippen molar-refractivity contribution in [1.82, 2.24) is 15.1 Å². The lowest BCUT2D eigenvalue weighted by Crippen LogP contribution is -2.37. The molecule has 1 fully saturated rings. The summed E-state index contributed by atoms with van der Waals surface area (Å²) in [5.74, 6) is -0.256. The predicted octanol–water partition coefficient (Wildman–Crippen LogP) is 3.81. The molecule has 134 valence electrons. The monoisotopic (exact) mass is 351 g/mol. The molecule has 1 aliphatic carbocycles. The van der Waals surface area contributed by atoms with Crippen molar-refractivity contribution in [2.75, 3.05) is 13.1 Å². The fourth-order valence-electron chi connectivity index (χ4n) is 3.73. The van der Waals surface area contributed by atoms with Gasteiger partial charge in [-0.25, -0.2) is 4.39 Å². The lowest BCUT2D eigenvalue weighted by atomic mass is 9.96. The van der Waals surface area contributed by atoms with Crippen molar-refractivity contribution >= 4 is 12.0 Å². The number of amides is 1. The molecule has 5 heteroatoms. The molecule has 0 saturated carbocycles. The van der Waals surface area contributed by atoms with Crippen molar-refractivity contribution in [3.63, 3.8) is 0 Å². The van der Waals surface area contributed by atoms with Crippen LogP contribution in [-0.2, 0) is 12.8 Å². The first-order chi connectivity index (χ1) is 12.7. The minimum atomic E-state index is -0.224. The molecule has 0 bridgehead atoms. The first kappa shape index (κ1) is 16.9. The number of aromatic nitrogens is 2. The largest absolute Gasteiger partial charge is 0.337 e. The van der Waals surface area contributed by atoms with Gasteiger partial charge in [-0.1, -0.05) is 23.8 Å². The van der Waals surface area contributed by atoms with E-state index >= 15 is 0 Å². The fourth-order valence-corrected chi connectivity index (χ4v) is 3.73. The molecule has 4 nitrogen and oxygen atoms in total. The molecule has 2 heterocycles. The van der Waals surface area contributed by atoms with Gasteiger partial charge in [0.05, 0.1) is 5.69 Å². The number of rotatable bonds is 2. The molecule has 0 radical (unpaired) electrons. The predicted molar refractivity (Wildman–Crippen MR) is 98.2 cm³/mol. The van der Waals surface area contributed by atoms with Crippen molar-refractivity contribution in [2.45, 2.75) is 38.5 Å². The van der Waals surface area contributed by atoms with Gasteiger partial charge in [0, 0.05) is 13.1 Å². The zero-order chi connectivity index (χ0) is 17.9. The van der Waals surface area contributed by atoms with E-state index in [1.807, 2.05) is 23.1 Å². The van der Waals surface area contributed by atoms with Gasteiger partial charge in [0.2, 0.25) is 0 Å². The van der Waals surface area contributed by atoms with E-state index in [9.17, 15) is 9.18 Å². The molecule has 26 heavy (non-hydrogen) atoms. The average molecular weight is 351 g/mol. The minimum absolute atomic E-state index is 0.0318. The summed E-state index contributed by atoms with van der Waals surface area (Å²) in [4.78, 5) is 14.6. The van der Waals surface area contributed by atoms with Crippen LogP contribution in [0.5, 0.6) is 0 Å². The van der Waals surface area contributed by atoms with Crippen LogP contribution < -0.4 is 0 Å². The van der Waals surface area contributed by atoms with Gasteiger partial charge in [-0.05, 0) is 67.9 Å². The molecular formula is C21H22FN3O. The number of piperidine rings is 1. The molecule has 1 amide bonds. The second-order valence-electron chi connectivity index (χ2n) is 7.06. The molecule has 1 aromatic carbocycles. The topological polar surface area (TPSA) is 46.1 Å². The van der Waals surface area contributed by atoms with Crippen molar-refractivity contribution in [3.05, 3.63) is 64.2 Å². The Morgan fingerprint density at radius 3 is 2.65 bits per heavy atom. The third-order valence-electron chi connectivity index (χ3n) is 5.20. The van der Waals surface area contributed by atoms with Crippen LogP contribution in [0.4, 0.5) is 4.39 Å². The van der Waals surface area contributed by atoms with Gasteiger partial charge in [-0.3, -0.25) is 4.79 Å². The summed E-state index contributed by atoms with van der Waals surface area (Å²) in [6, 6.07) is 8.53. The van der Waals surface area contributed by atoms with Crippen LogP contribution >= 0.6 is 0 Å². The third-order valence-corrected chi connectivity index (χ3v) is 5.20. The SMILES string of the molecule is O=C(c1cc2c(nn1)CCCC2)N1CCC(=Cc2cccc(F)c2)CC1. The van der Waals surface area contributed by atoms with Gasteiger partial charge in [-0.2, -0.15) is 5.10 Å². The highest BCUT2D eigenvalue weighted by atomic mass is 19.1. The Labute approximate surface area is 152 Å². The molecule has 2 aliphatic rings. The first-order valence-electron chi connectivity index (χ1n) is 9.29. The van der Waals surface area contributed by atoms with Crippen LogP contribution in [0.2, 0.25) is 0 Å². The summed E-state index contributed by atoms with van der Waals surface area (Å²) in [6.07, 6.45) is 7.91. The van der Waals surface area contributed by atoms with Crippen LogP contribution in [0.15, 0.2) is 35.9 Å². The normalized spacial score (nSPS) is 17.0. The highest BCUT2D eigenvalue weighted by Crippen LogP contribution is 2.23. The van der Waals surface area contributed by atoms with Gasteiger partial charge in [0.1, 0.15) is 5.82 Å². The first-order valence-corrected chi connectivity index (χ1v) is 9.29. The van der Waals surface area contributed by atoms with E-state index < -0.39 is 0 Å². The molecule has 1 aromatic heterocycles. The molecular weight excluding hydrogens is 329 g/mol. The standard InChI is InChI=1S/C21H22FN3O/c22-18-6-3-4-16(13-18)12-15-8-10-25(11-9-15)21(26)20-14-17-5-1-2-7-19(17)23-24-20/h3-4,6,12-14H,1-2,5,7-11H2. The number of nitrogens with zero attached hydrogens (tertiary/aromatic N) is 3. The number of hydrogen-bond donors (Lipinski definition) is 0. The quantitative estimate of drug-likeness (QED) is 0.826. The number of aryl methyl sites for hydroxylation is 2. The zero-order valence-electron chi connectivity index (χ0n) is 14.7. The Bertz CT molecular complexity index is 852. The number of halogens is 1. The van der Waals surface area contributed by atoms with Gasteiger partial charge >= 0.3 is 0 Å². The highest BCUT2D eigenvalue weighted by Gasteiger charge is 2.23. The van der Waals surface area contributed by atoms with E-state index in [-0.39, 0.29) is 11.7 Å². The van der Waals surface area contributed by atoms with Gasteiger partial charge < -0.3 is 4.90 Å². The zero-order valence-corrected chi connectivity index (χ0v) is 14.7. The number of carbonyl (C=O) groups is 1. The second kappa shape index (κ2) is 7.36. The van der Waals surface area contributed by atoms with Crippen LogP contribution in [0, 0.1) is 5.82 Å². The summed E-state index contributed by atoms with van der Waals surface area (Å²) < 4.78 is 13.3. The maximum Gasteiger partial charge on any atom is 0.274 e. The maximum absolute atomic E-state index is 13.3. The highest BCUT2D eigenvalue weighted by molar-refractivity contribution is 5.92. The Hall–Kier alpha value is -2.56. The molecule has 0 N–H and O–H groups in total. The van der Waals surface area contributed by atoms with Crippen LogP contribution in [0.3, 0.4) is 0 Å². The van der Waals surface area contributed by atoms with E-state index in [4.69, 9.17) is 0 Å². The van der Waals surface area contributed by atoms with Crippen molar-refractivity contribution < 1.29 is 9.18 Å². The summed E-state index contributed by atoms with van der Waals surface area (Å²) in [7, 11) is 0. The third kappa shape index (κ3) is 3.66. The lowest BCUT2D eigenvalue weighted by molar-refractivity contribution is 0.0736. The summed E-state index contributed by atoms with van der Waals surface area (Å²) >= 11 is 0. The molecule has 0 unspecified atom stereocenters. The van der Waals surface area contributed by atoms with Crippen molar-refractivity contribution in [1.29, 1.82) is 0 Å². The number of hydrogen-bond acceptors (Lipinski definition) is 3. The summed E-state index contributed by atoms with van der Waals surface area (Å²) in [5, 5.41) is 8.44. The minimum Gasteiger partial charge on any atom is -0.337 e. The van der Waals surface area contributed by atoms with Gasteiger partial charge in [0.25, 0.3) is 5.91 Å². The van der Waals surface area contributed by atoms with E-state index in [1.54, 1.807) is 6.07 Å². The van der Waals surface area contributed by atoms with E-state index in [1.165, 1.54) is 23.3 Å². The molecule has 1 saturated heterocycles. The van der Waals surface area contributed by atoms with Gasteiger partial charge in [0.15, 0.2) is 5.69 Å². The molecule has 0 atom stereocenters. The van der Waals surface area contributed by atoms with E-state index in [2.05, 4.69) is 10.2 Å². The molecule has 2 aromatic rings. The van der Waals surface area contributed by atoms with E-state index in [0.29, 0.717) is 18.8 Å². The fraction of sp³-hybridized carbons (Fsp3) is 0.381. The van der Waals surface area contributed by atoms with Gasteiger partial charge in [-0.15, -0.1) is 5.10 Å². The Balaban J connectivity index is 1.42.